The summed E-state index contributed by atoms with van der Waals surface area (Å²) >= 11 is 0. The van der Waals surface area contributed by atoms with Crippen LogP contribution in [0.4, 0.5) is 11.6 Å². The van der Waals surface area contributed by atoms with E-state index in [9.17, 15) is 20.0 Å². The molecule has 0 fully saturated rings. The van der Waals surface area contributed by atoms with Crippen molar-refractivity contribution in [3.8, 4) is 11.5 Å². The van der Waals surface area contributed by atoms with Crippen molar-refractivity contribution < 1.29 is 14.8 Å². The SMILES string of the molecule is COc1cc([N+](=O)[O-])cc(/C=N\Nc2nc(C(C)C)cc(=O)[nH]2)c1O. The maximum absolute atomic E-state index is 11.6. The first-order valence-electron chi connectivity index (χ1n) is 7.27. The van der Waals surface area contributed by atoms with E-state index in [4.69, 9.17) is 4.74 Å². The maximum atomic E-state index is 11.6. The number of nitrogens with zero attached hydrogens (tertiary/aromatic N) is 3. The number of ether oxygens (including phenoxy) is 1. The molecule has 2 rings (SSSR count). The highest BCUT2D eigenvalue weighted by molar-refractivity contribution is 5.86. The van der Waals surface area contributed by atoms with Crippen LogP contribution in [0, 0.1) is 10.1 Å². The molecule has 10 nitrogen and oxygen atoms in total. The highest BCUT2D eigenvalue weighted by Crippen LogP contribution is 2.33. The third kappa shape index (κ3) is 4.31. The lowest BCUT2D eigenvalue weighted by atomic mass is 10.1. The van der Waals surface area contributed by atoms with Crippen LogP contribution in [0.1, 0.15) is 31.0 Å². The number of aromatic amines is 1. The molecule has 0 atom stereocenters. The van der Waals surface area contributed by atoms with Gasteiger partial charge in [0.2, 0.25) is 5.95 Å². The van der Waals surface area contributed by atoms with Crippen molar-refractivity contribution in [1.82, 2.24) is 9.97 Å². The summed E-state index contributed by atoms with van der Waals surface area (Å²) in [6.07, 6.45) is 1.16. The Kier molecular flexibility index (Phi) is 5.32. The van der Waals surface area contributed by atoms with E-state index in [0.29, 0.717) is 5.69 Å². The normalized spacial score (nSPS) is 11.0. The first kappa shape index (κ1) is 17.9. The van der Waals surface area contributed by atoms with Gasteiger partial charge in [-0.25, -0.2) is 10.4 Å². The third-order valence-corrected chi connectivity index (χ3v) is 3.25. The number of phenolic OH excluding ortho intramolecular Hbond substituents is 1. The molecule has 1 heterocycles. The van der Waals surface area contributed by atoms with E-state index in [1.807, 2.05) is 13.8 Å². The molecule has 10 heteroatoms. The van der Waals surface area contributed by atoms with Gasteiger partial charge in [0, 0.05) is 17.7 Å². The molecule has 132 valence electrons. The van der Waals surface area contributed by atoms with Crippen molar-refractivity contribution in [2.24, 2.45) is 5.10 Å². The standard InChI is InChI=1S/C15H17N5O5/c1-8(2)11-6-13(21)18-15(17-11)19-16-7-9-4-10(20(23)24)5-12(25-3)14(9)22/h4-8,22H,1-3H3,(H2,17,18,19,21)/b16-7-. The largest absolute Gasteiger partial charge is 0.504 e. The number of nitro groups is 1. The van der Waals surface area contributed by atoms with E-state index in [-0.39, 0.29) is 40.2 Å². The number of methoxy groups -OCH3 is 1. The third-order valence-electron chi connectivity index (χ3n) is 3.25. The van der Waals surface area contributed by atoms with Crippen LogP contribution in [0.5, 0.6) is 11.5 Å². The van der Waals surface area contributed by atoms with Gasteiger partial charge in [-0.05, 0) is 5.92 Å². The Hall–Kier alpha value is -3.43. The first-order chi connectivity index (χ1) is 11.8. The Morgan fingerprint density at radius 3 is 2.76 bits per heavy atom. The quantitative estimate of drug-likeness (QED) is 0.412. The topological polar surface area (TPSA) is 143 Å². The second-order valence-corrected chi connectivity index (χ2v) is 5.39. The van der Waals surface area contributed by atoms with Gasteiger partial charge in [-0.15, -0.1) is 0 Å². The Morgan fingerprint density at radius 2 is 2.16 bits per heavy atom. The van der Waals surface area contributed by atoms with Gasteiger partial charge in [0.05, 0.1) is 30.0 Å². The Bertz CT molecular complexity index is 875. The highest BCUT2D eigenvalue weighted by Gasteiger charge is 2.15. The molecule has 3 N–H and O–H groups in total. The van der Waals surface area contributed by atoms with Crippen LogP contribution in [-0.4, -0.2) is 33.3 Å². The highest BCUT2D eigenvalue weighted by atomic mass is 16.6. The monoisotopic (exact) mass is 347 g/mol. The number of aromatic hydroxyl groups is 1. The van der Waals surface area contributed by atoms with Crippen molar-refractivity contribution in [3.05, 3.63) is 49.9 Å². The van der Waals surface area contributed by atoms with E-state index in [0.717, 1.165) is 18.3 Å². The lowest BCUT2D eigenvalue weighted by molar-refractivity contribution is -0.385. The number of hydrazone groups is 1. The van der Waals surface area contributed by atoms with Gasteiger partial charge < -0.3 is 9.84 Å². The van der Waals surface area contributed by atoms with Crippen LogP contribution in [0.25, 0.3) is 0 Å². The van der Waals surface area contributed by atoms with Crippen LogP contribution >= 0.6 is 0 Å². The number of nitro benzene ring substituents is 1. The zero-order valence-corrected chi connectivity index (χ0v) is 13.8. The predicted molar refractivity (Wildman–Crippen MR) is 91.5 cm³/mol. The average molecular weight is 347 g/mol. The second kappa shape index (κ2) is 7.43. The number of phenols is 1. The van der Waals surface area contributed by atoms with Crippen molar-refractivity contribution >= 4 is 17.9 Å². The molecule has 25 heavy (non-hydrogen) atoms. The van der Waals surface area contributed by atoms with Crippen LogP contribution in [0.2, 0.25) is 0 Å². The van der Waals surface area contributed by atoms with Crippen LogP contribution in [0.3, 0.4) is 0 Å². The second-order valence-electron chi connectivity index (χ2n) is 5.39. The fourth-order valence-corrected chi connectivity index (χ4v) is 1.96. The number of non-ortho nitro benzene ring substituents is 1. The fraction of sp³-hybridized carbons (Fsp3) is 0.267. The maximum Gasteiger partial charge on any atom is 0.274 e. The summed E-state index contributed by atoms with van der Waals surface area (Å²) in [4.78, 5) is 28.6. The van der Waals surface area contributed by atoms with Gasteiger partial charge in [0.25, 0.3) is 11.2 Å². The van der Waals surface area contributed by atoms with Gasteiger partial charge in [0.1, 0.15) is 0 Å². The molecule has 1 aromatic carbocycles. The summed E-state index contributed by atoms with van der Waals surface area (Å²) in [5, 5.41) is 24.8. The van der Waals surface area contributed by atoms with E-state index in [1.54, 1.807) is 0 Å². The predicted octanol–water partition coefficient (Wildman–Crippen LogP) is 1.96. The van der Waals surface area contributed by atoms with Crippen molar-refractivity contribution in [2.75, 3.05) is 12.5 Å². The van der Waals surface area contributed by atoms with Crippen molar-refractivity contribution in [2.45, 2.75) is 19.8 Å². The van der Waals surface area contributed by atoms with Gasteiger partial charge in [0.15, 0.2) is 11.5 Å². The minimum absolute atomic E-state index is 0.0519. The van der Waals surface area contributed by atoms with Gasteiger partial charge in [-0.2, -0.15) is 5.10 Å². The molecule has 0 aliphatic carbocycles. The number of nitrogens with one attached hydrogen (secondary N) is 2. The average Bonchev–Trinajstić information content (AvgIpc) is 2.55. The molecule has 0 saturated heterocycles. The molecule has 0 saturated carbocycles. The molecule has 0 amide bonds. The zero-order valence-electron chi connectivity index (χ0n) is 13.8. The molecule has 0 aliphatic rings. The van der Waals surface area contributed by atoms with Crippen LogP contribution in [0.15, 0.2) is 28.1 Å². The molecule has 0 unspecified atom stereocenters. The summed E-state index contributed by atoms with van der Waals surface area (Å²) < 4.78 is 4.90. The van der Waals surface area contributed by atoms with Crippen molar-refractivity contribution in [1.29, 1.82) is 0 Å². The lowest BCUT2D eigenvalue weighted by Gasteiger charge is -2.07. The Labute approximate surface area is 142 Å². The molecule has 0 radical (unpaired) electrons. The smallest absolute Gasteiger partial charge is 0.274 e. The minimum Gasteiger partial charge on any atom is -0.504 e. The first-order valence-corrected chi connectivity index (χ1v) is 7.27. The Balaban J connectivity index is 2.29. The molecule has 2 aromatic rings. The summed E-state index contributed by atoms with van der Waals surface area (Å²) in [5.41, 5.74) is 2.58. The number of anilines is 1. The molecule has 1 aromatic heterocycles. The number of aromatic nitrogens is 2. The minimum atomic E-state index is -0.613. The number of hydrogen-bond donors (Lipinski definition) is 3. The van der Waals surface area contributed by atoms with Gasteiger partial charge in [-0.1, -0.05) is 13.8 Å². The summed E-state index contributed by atoms with van der Waals surface area (Å²) in [6, 6.07) is 3.63. The van der Waals surface area contributed by atoms with E-state index in [2.05, 4.69) is 20.5 Å². The molecular formula is C15H17N5O5. The van der Waals surface area contributed by atoms with Gasteiger partial charge >= 0.3 is 0 Å². The number of rotatable bonds is 6. The summed E-state index contributed by atoms with van der Waals surface area (Å²) in [7, 11) is 1.28. The number of benzene rings is 1. The molecule has 0 bridgehead atoms. The van der Waals surface area contributed by atoms with E-state index < -0.39 is 4.92 Å². The summed E-state index contributed by atoms with van der Waals surface area (Å²) in [5.74, 6) is -0.179. The van der Waals surface area contributed by atoms with Crippen LogP contribution in [-0.2, 0) is 0 Å². The lowest BCUT2D eigenvalue weighted by Crippen LogP contribution is -2.12. The molecule has 0 spiro atoms. The Morgan fingerprint density at radius 1 is 1.44 bits per heavy atom. The number of H-pyrrole nitrogens is 1. The zero-order chi connectivity index (χ0) is 18.6. The van der Waals surface area contributed by atoms with Crippen LogP contribution < -0.4 is 15.7 Å². The number of hydrogen-bond acceptors (Lipinski definition) is 8. The van der Waals surface area contributed by atoms with Gasteiger partial charge in [-0.3, -0.25) is 19.9 Å². The van der Waals surface area contributed by atoms with E-state index >= 15 is 0 Å². The van der Waals surface area contributed by atoms with E-state index in [1.165, 1.54) is 13.2 Å². The molecular weight excluding hydrogens is 330 g/mol. The fourth-order valence-electron chi connectivity index (χ4n) is 1.96. The molecule has 0 aliphatic heterocycles. The van der Waals surface area contributed by atoms with Crippen molar-refractivity contribution in [3.63, 3.8) is 0 Å². The summed E-state index contributed by atoms with van der Waals surface area (Å²) in [6.45, 7) is 3.78.